The van der Waals surface area contributed by atoms with Crippen LogP contribution in [0.25, 0.3) is 0 Å². The fraction of sp³-hybridized carbons (Fsp3) is 0.364. The molecule has 1 unspecified atom stereocenters. The number of hydrogen-bond donors (Lipinski definition) is 3. The lowest BCUT2D eigenvalue weighted by Crippen LogP contribution is -2.38. The molecule has 1 aliphatic rings. The molecule has 15 heavy (non-hydrogen) atoms. The zero-order valence-corrected chi connectivity index (χ0v) is 8.49. The van der Waals surface area contributed by atoms with E-state index in [4.69, 9.17) is 11.6 Å². The van der Waals surface area contributed by atoms with Crippen molar-refractivity contribution in [1.82, 2.24) is 5.43 Å². The predicted octanol–water partition coefficient (Wildman–Crippen LogP) is 0.165. The number of nitrogens with one attached hydrogen (secondary N) is 1. The molecule has 0 saturated carbocycles. The van der Waals surface area contributed by atoms with Gasteiger partial charge in [-0.25, -0.2) is 5.84 Å². The first-order valence-electron chi connectivity index (χ1n) is 5.10. The van der Waals surface area contributed by atoms with E-state index < -0.39 is 6.04 Å². The number of aryl methyl sites for hydroxylation is 2. The predicted molar refractivity (Wildman–Crippen MR) is 57.7 cm³/mol. The molecule has 80 valence electrons. The van der Waals surface area contributed by atoms with Crippen LogP contribution in [-0.4, -0.2) is 5.91 Å². The van der Waals surface area contributed by atoms with Crippen LogP contribution in [0.1, 0.15) is 29.2 Å². The minimum absolute atomic E-state index is 0.354. The van der Waals surface area contributed by atoms with Gasteiger partial charge >= 0.3 is 0 Å². The molecule has 0 radical (unpaired) electrons. The first-order chi connectivity index (χ1) is 7.22. The average molecular weight is 205 g/mol. The van der Waals surface area contributed by atoms with Gasteiger partial charge in [0.05, 0.1) is 0 Å². The molecule has 5 N–H and O–H groups in total. The van der Waals surface area contributed by atoms with Crippen molar-refractivity contribution >= 4 is 5.91 Å². The molecule has 0 aliphatic heterocycles. The average Bonchev–Trinajstić information content (AvgIpc) is 2.73. The van der Waals surface area contributed by atoms with Crippen molar-refractivity contribution in [3.63, 3.8) is 0 Å². The van der Waals surface area contributed by atoms with Crippen molar-refractivity contribution in [2.45, 2.75) is 25.3 Å². The van der Waals surface area contributed by atoms with E-state index in [0.29, 0.717) is 0 Å². The van der Waals surface area contributed by atoms with Gasteiger partial charge < -0.3 is 5.73 Å². The summed E-state index contributed by atoms with van der Waals surface area (Å²) < 4.78 is 0. The van der Waals surface area contributed by atoms with Crippen LogP contribution in [0.3, 0.4) is 0 Å². The van der Waals surface area contributed by atoms with Crippen molar-refractivity contribution in [1.29, 1.82) is 0 Å². The molecule has 0 aromatic heterocycles. The van der Waals surface area contributed by atoms with Gasteiger partial charge in [0.25, 0.3) is 5.91 Å². The Morgan fingerprint density at radius 2 is 2.07 bits per heavy atom. The molecule has 1 atom stereocenters. The summed E-state index contributed by atoms with van der Waals surface area (Å²) in [6.07, 6.45) is 3.41. The van der Waals surface area contributed by atoms with Crippen LogP contribution in [-0.2, 0) is 17.6 Å². The Kier molecular flexibility index (Phi) is 2.70. The van der Waals surface area contributed by atoms with E-state index in [1.165, 1.54) is 17.5 Å². The fourth-order valence-electron chi connectivity index (χ4n) is 2.03. The lowest BCUT2D eigenvalue weighted by molar-refractivity contribution is -0.122. The Morgan fingerprint density at radius 3 is 2.80 bits per heavy atom. The highest BCUT2D eigenvalue weighted by molar-refractivity contribution is 5.82. The standard InChI is InChI=1S/C11H15N3O/c12-10(11(15)14-13)9-5-4-7-2-1-3-8(7)6-9/h4-6,10H,1-3,12-13H2,(H,14,15). The van der Waals surface area contributed by atoms with E-state index in [1.54, 1.807) is 0 Å². The van der Waals surface area contributed by atoms with E-state index in [9.17, 15) is 4.79 Å². The third-order valence-corrected chi connectivity index (χ3v) is 2.91. The first kappa shape index (κ1) is 10.1. The molecule has 1 aromatic rings. The first-order valence-corrected chi connectivity index (χ1v) is 5.10. The second-order valence-electron chi connectivity index (χ2n) is 3.87. The van der Waals surface area contributed by atoms with Crippen LogP contribution in [0, 0.1) is 0 Å². The third kappa shape index (κ3) is 1.86. The quantitative estimate of drug-likeness (QED) is 0.365. The summed E-state index contributed by atoms with van der Waals surface area (Å²) >= 11 is 0. The second-order valence-corrected chi connectivity index (χ2v) is 3.87. The smallest absolute Gasteiger partial charge is 0.255 e. The maximum absolute atomic E-state index is 11.3. The number of fused-ring (bicyclic) bond motifs is 1. The van der Waals surface area contributed by atoms with Gasteiger partial charge in [-0.1, -0.05) is 18.2 Å². The Morgan fingerprint density at radius 1 is 1.33 bits per heavy atom. The summed E-state index contributed by atoms with van der Waals surface area (Å²) in [5, 5.41) is 0. The normalized spacial score (nSPS) is 15.9. The van der Waals surface area contributed by atoms with Crippen molar-refractivity contribution in [2.75, 3.05) is 0 Å². The number of carbonyl (C=O) groups is 1. The van der Waals surface area contributed by atoms with E-state index in [1.807, 2.05) is 12.1 Å². The van der Waals surface area contributed by atoms with E-state index in [-0.39, 0.29) is 5.91 Å². The highest BCUT2D eigenvalue weighted by atomic mass is 16.2. The van der Waals surface area contributed by atoms with Crippen molar-refractivity contribution < 1.29 is 4.79 Å². The van der Waals surface area contributed by atoms with E-state index in [0.717, 1.165) is 18.4 Å². The number of carbonyl (C=O) groups excluding carboxylic acids is 1. The van der Waals surface area contributed by atoms with Crippen molar-refractivity contribution in [3.8, 4) is 0 Å². The molecular formula is C11H15N3O. The van der Waals surface area contributed by atoms with Crippen LogP contribution in [0.2, 0.25) is 0 Å². The van der Waals surface area contributed by atoms with Crippen molar-refractivity contribution in [3.05, 3.63) is 34.9 Å². The molecule has 0 spiro atoms. The third-order valence-electron chi connectivity index (χ3n) is 2.91. The number of amides is 1. The lowest BCUT2D eigenvalue weighted by atomic mass is 10.0. The summed E-state index contributed by atoms with van der Waals surface area (Å²) in [6.45, 7) is 0. The Bertz CT molecular complexity index is 389. The molecule has 4 nitrogen and oxygen atoms in total. The molecule has 0 saturated heterocycles. The van der Waals surface area contributed by atoms with Crippen molar-refractivity contribution in [2.24, 2.45) is 11.6 Å². The van der Waals surface area contributed by atoms with Gasteiger partial charge in [-0.3, -0.25) is 10.2 Å². The van der Waals surface area contributed by atoms with Gasteiger partial charge in [0.15, 0.2) is 0 Å². The van der Waals surface area contributed by atoms with Gasteiger partial charge in [-0.15, -0.1) is 0 Å². The van der Waals surface area contributed by atoms with Crippen LogP contribution >= 0.6 is 0 Å². The van der Waals surface area contributed by atoms with Crippen LogP contribution in [0.5, 0.6) is 0 Å². The van der Waals surface area contributed by atoms with E-state index in [2.05, 4.69) is 11.5 Å². The summed E-state index contributed by atoms with van der Waals surface area (Å²) in [4.78, 5) is 11.3. The summed E-state index contributed by atoms with van der Waals surface area (Å²) in [7, 11) is 0. The van der Waals surface area contributed by atoms with E-state index >= 15 is 0 Å². The molecule has 1 amide bonds. The maximum Gasteiger partial charge on any atom is 0.255 e. The highest BCUT2D eigenvalue weighted by Gasteiger charge is 2.17. The number of nitrogens with two attached hydrogens (primary N) is 2. The van der Waals surface area contributed by atoms with Gasteiger partial charge in [0, 0.05) is 0 Å². The monoisotopic (exact) mass is 205 g/mol. The summed E-state index contributed by atoms with van der Waals surface area (Å²) in [5.41, 5.74) is 11.3. The van der Waals surface area contributed by atoms with Crippen LogP contribution in [0.4, 0.5) is 0 Å². The molecule has 1 aliphatic carbocycles. The number of hydrazine groups is 1. The molecule has 0 heterocycles. The maximum atomic E-state index is 11.3. The molecule has 0 bridgehead atoms. The molecule has 2 rings (SSSR count). The van der Waals surface area contributed by atoms with Gasteiger partial charge in [-0.05, 0) is 36.0 Å². The zero-order chi connectivity index (χ0) is 10.8. The number of hydrogen-bond acceptors (Lipinski definition) is 3. The Hall–Kier alpha value is -1.39. The molecule has 1 aromatic carbocycles. The minimum atomic E-state index is -0.666. The summed E-state index contributed by atoms with van der Waals surface area (Å²) in [5.74, 6) is 4.69. The number of rotatable bonds is 2. The highest BCUT2D eigenvalue weighted by Crippen LogP contribution is 2.24. The fourth-order valence-corrected chi connectivity index (χ4v) is 2.03. The van der Waals surface area contributed by atoms with Crippen LogP contribution < -0.4 is 17.0 Å². The topological polar surface area (TPSA) is 81.1 Å². The van der Waals surface area contributed by atoms with Crippen LogP contribution in [0.15, 0.2) is 18.2 Å². The SMILES string of the molecule is NNC(=O)C(N)c1ccc2c(c1)CCC2. The molecular weight excluding hydrogens is 190 g/mol. The Labute approximate surface area is 88.6 Å². The van der Waals surface area contributed by atoms with Gasteiger partial charge in [0.1, 0.15) is 6.04 Å². The zero-order valence-electron chi connectivity index (χ0n) is 8.49. The van der Waals surface area contributed by atoms with Gasteiger partial charge in [-0.2, -0.15) is 0 Å². The largest absolute Gasteiger partial charge is 0.316 e. The lowest BCUT2D eigenvalue weighted by Gasteiger charge is -2.11. The second kappa shape index (κ2) is 4.00. The summed E-state index contributed by atoms with van der Waals surface area (Å²) in [6, 6.07) is 5.31. The van der Waals surface area contributed by atoms with Gasteiger partial charge in [0.2, 0.25) is 0 Å². The molecule has 4 heteroatoms. The molecule has 0 fully saturated rings. The minimum Gasteiger partial charge on any atom is -0.316 e. The number of benzene rings is 1. The Balaban J connectivity index is 2.26.